The lowest BCUT2D eigenvalue weighted by molar-refractivity contribution is -0.118. The topological polar surface area (TPSA) is 59.9 Å². The minimum atomic E-state index is -0.207. The number of carbonyl (C=O) groups excluding carboxylic acids is 1. The summed E-state index contributed by atoms with van der Waals surface area (Å²) >= 11 is 0. The minimum absolute atomic E-state index is 0.135. The zero-order chi connectivity index (χ0) is 19.0. The van der Waals surface area contributed by atoms with E-state index in [1.54, 1.807) is 6.21 Å². The van der Waals surface area contributed by atoms with Crippen molar-refractivity contribution in [3.63, 3.8) is 0 Å². The quantitative estimate of drug-likeness (QED) is 0.466. The first-order valence-corrected chi connectivity index (χ1v) is 8.60. The summed E-state index contributed by atoms with van der Waals surface area (Å²) in [5, 5.41) is 3.84. The second-order valence-corrected chi connectivity index (χ2v) is 6.97. The first-order valence-electron chi connectivity index (χ1n) is 8.60. The summed E-state index contributed by atoms with van der Waals surface area (Å²) in [6, 6.07) is 15.6. The van der Waals surface area contributed by atoms with Crippen LogP contribution >= 0.6 is 0 Å². The van der Waals surface area contributed by atoms with Gasteiger partial charge in [-0.1, -0.05) is 45.0 Å². The third kappa shape index (κ3) is 6.59. The van der Waals surface area contributed by atoms with Crippen LogP contribution in [0.2, 0.25) is 0 Å². The molecule has 0 radical (unpaired) electrons. The molecule has 0 saturated carbocycles. The molecule has 5 nitrogen and oxygen atoms in total. The van der Waals surface area contributed by atoms with Gasteiger partial charge >= 0.3 is 0 Å². The molecule has 0 aromatic heterocycles. The lowest BCUT2D eigenvalue weighted by Crippen LogP contribution is -2.12. The highest BCUT2D eigenvalue weighted by atomic mass is 16.5. The molecule has 5 heteroatoms. The minimum Gasteiger partial charge on any atom is -0.490 e. The van der Waals surface area contributed by atoms with Gasteiger partial charge in [0.1, 0.15) is 24.7 Å². The summed E-state index contributed by atoms with van der Waals surface area (Å²) in [6.45, 7) is 8.86. The van der Waals surface area contributed by atoms with Gasteiger partial charge in [0.25, 0.3) is 0 Å². The summed E-state index contributed by atoms with van der Waals surface area (Å²) < 4.78 is 11.4. The summed E-state index contributed by atoms with van der Waals surface area (Å²) in [7, 11) is 0. The number of nitrogens with zero attached hydrogens (tertiary/aromatic N) is 1. The van der Waals surface area contributed by atoms with Gasteiger partial charge in [-0.05, 0) is 40.8 Å². The molecule has 26 heavy (non-hydrogen) atoms. The zero-order valence-electron chi connectivity index (χ0n) is 15.8. The Bertz CT molecular complexity index is 747. The lowest BCUT2D eigenvalue weighted by Gasteiger charge is -2.19. The smallest absolute Gasteiger partial charge is 0.236 e. The number of hydrogen-bond donors (Lipinski definition) is 1. The van der Waals surface area contributed by atoms with Crippen LogP contribution in [0.1, 0.15) is 38.8 Å². The number of benzene rings is 2. The van der Waals surface area contributed by atoms with Crippen LogP contribution in [0.25, 0.3) is 0 Å². The number of hydrogen-bond acceptors (Lipinski definition) is 4. The summed E-state index contributed by atoms with van der Waals surface area (Å²) in [5.74, 6) is 1.35. The van der Waals surface area contributed by atoms with E-state index in [2.05, 4.69) is 43.4 Å². The molecule has 1 amide bonds. The largest absolute Gasteiger partial charge is 0.490 e. The van der Waals surface area contributed by atoms with Gasteiger partial charge in [-0.2, -0.15) is 5.10 Å². The predicted octanol–water partition coefficient (Wildman–Crippen LogP) is 3.91. The van der Waals surface area contributed by atoms with Gasteiger partial charge in [0, 0.05) is 6.92 Å². The number of nitrogens with one attached hydrogen (secondary N) is 1. The van der Waals surface area contributed by atoms with Crippen LogP contribution in [0.15, 0.2) is 53.6 Å². The van der Waals surface area contributed by atoms with Crippen LogP contribution in [0.5, 0.6) is 11.5 Å². The van der Waals surface area contributed by atoms with Gasteiger partial charge in [-0.3, -0.25) is 4.79 Å². The number of carbonyl (C=O) groups is 1. The van der Waals surface area contributed by atoms with Crippen LogP contribution in [0.4, 0.5) is 0 Å². The average Bonchev–Trinajstić information content (AvgIpc) is 2.58. The van der Waals surface area contributed by atoms with Crippen LogP contribution in [0, 0.1) is 0 Å². The fourth-order valence-electron chi connectivity index (χ4n) is 2.25. The highest BCUT2D eigenvalue weighted by Gasteiger charge is 2.12. The maximum absolute atomic E-state index is 10.8. The van der Waals surface area contributed by atoms with Crippen molar-refractivity contribution in [1.82, 2.24) is 5.43 Å². The van der Waals surface area contributed by atoms with E-state index in [9.17, 15) is 4.79 Å². The Hall–Kier alpha value is -2.82. The molecule has 0 aliphatic heterocycles. The Morgan fingerprint density at radius 2 is 1.69 bits per heavy atom. The molecule has 2 aromatic rings. The molecule has 2 aromatic carbocycles. The van der Waals surface area contributed by atoms with Crippen molar-refractivity contribution < 1.29 is 14.3 Å². The Morgan fingerprint density at radius 3 is 2.31 bits per heavy atom. The molecular weight excluding hydrogens is 328 g/mol. The van der Waals surface area contributed by atoms with E-state index in [4.69, 9.17) is 9.47 Å². The SMILES string of the molecule is CC(=O)NN=Cc1cccc(OCCOc2ccc(C(C)(C)C)cc2)c1. The number of hydrazone groups is 1. The normalized spacial score (nSPS) is 11.4. The average molecular weight is 354 g/mol. The molecule has 0 heterocycles. The van der Waals surface area contributed by atoms with Crippen LogP contribution < -0.4 is 14.9 Å². The van der Waals surface area contributed by atoms with Crippen molar-refractivity contribution >= 4 is 12.1 Å². The van der Waals surface area contributed by atoms with Crippen molar-refractivity contribution in [3.05, 3.63) is 59.7 Å². The lowest BCUT2D eigenvalue weighted by atomic mass is 9.87. The highest BCUT2D eigenvalue weighted by molar-refractivity contribution is 5.82. The third-order valence-electron chi connectivity index (χ3n) is 3.63. The van der Waals surface area contributed by atoms with E-state index in [-0.39, 0.29) is 11.3 Å². The summed E-state index contributed by atoms with van der Waals surface area (Å²) in [4.78, 5) is 10.8. The predicted molar refractivity (Wildman–Crippen MR) is 104 cm³/mol. The van der Waals surface area contributed by atoms with Gasteiger partial charge in [-0.15, -0.1) is 0 Å². The van der Waals surface area contributed by atoms with E-state index in [0.29, 0.717) is 13.2 Å². The summed E-state index contributed by atoms with van der Waals surface area (Å²) in [5.41, 5.74) is 4.62. The Labute approximate surface area is 155 Å². The number of amides is 1. The maximum Gasteiger partial charge on any atom is 0.236 e. The van der Waals surface area contributed by atoms with Crippen LogP contribution in [-0.2, 0) is 10.2 Å². The van der Waals surface area contributed by atoms with Gasteiger partial charge in [0.05, 0.1) is 6.21 Å². The van der Waals surface area contributed by atoms with Crippen molar-refractivity contribution in [3.8, 4) is 11.5 Å². The fourth-order valence-corrected chi connectivity index (χ4v) is 2.25. The van der Waals surface area contributed by atoms with Gasteiger partial charge in [-0.25, -0.2) is 5.43 Å². The molecule has 0 aliphatic rings. The number of rotatable bonds is 7. The monoisotopic (exact) mass is 354 g/mol. The maximum atomic E-state index is 10.8. The van der Waals surface area contributed by atoms with Crippen molar-refractivity contribution in [1.29, 1.82) is 0 Å². The third-order valence-corrected chi connectivity index (χ3v) is 3.63. The van der Waals surface area contributed by atoms with E-state index < -0.39 is 0 Å². The fraction of sp³-hybridized carbons (Fsp3) is 0.333. The molecule has 0 fully saturated rings. The molecule has 1 N–H and O–H groups in total. The molecule has 0 atom stereocenters. The second-order valence-electron chi connectivity index (χ2n) is 6.97. The van der Waals surface area contributed by atoms with Gasteiger partial charge in [0.15, 0.2) is 0 Å². The standard InChI is InChI=1S/C21H26N2O3/c1-16(24)23-22-15-17-6-5-7-20(14-17)26-13-12-25-19-10-8-18(9-11-19)21(2,3)4/h5-11,14-15H,12-13H2,1-4H3,(H,23,24). The van der Waals surface area contributed by atoms with Crippen molar-refractivity contribution in [2.75, 3.05) is 13.2 Å². The van der Waals surface area contributed by atoms with E-state index >= 15 is 0 Å². The van der Waals surface area contributed by atoms with Gasteiger partial charge < -0.3 is 9.47 Å². The molecule has 0 unspecified atom stereocenters. The van der Waals surface area contributed by atoms with Crippen LogP contribution in [-0.4, -0.2) is 25.3 Å². The van der Waals surface area contributed by atoms with Crippen LogP contribution in [0.3, 0.4) is 0 Å². The van der Waals surface area contributed by atoms with E-state index in [1.807, 2.05) is 36.4 Å². The first kappa shape index (κ1) is 19.5. The summed E-state index contributed by atoms with van der Waals surface area (Å²) in [6.07, 6.45) is 1.57. The molecule has 0 bridgehead atoms. The Balaban J connectivity index is 1.79. The van der Waals surface area contributed by atoms with E-state index in [0.717, 1.165) is 17.1 Å². The Kier molecular flexibility index (Phi) is 6.78. The highest BCUT2D eigenvalue weighted by Crippen LogP contribution is 2.24. The molecular formula is C21H26N2O3. The van der Waals surface area contributed by atoms with Crippen molar-refractivity contribution in [2.24, 2.45) is 5.10 Å². The second kappa shape index (κ2) is 9.04. The van der Waals surface area contributed by atoms with Gasteiger partial charge in [0.2, 0.25) is 5.91 Å². The Morgan fingerprint density at radius 1 is 1.04 bits per heavy atom. The zero-order valence-corrected chi connectivity index (χ0v) is 15.8. The molecule has 2 rings (SSSR count). The van der Waals surface area contributed by atoms with Crippen molar-refractivity contribution in [2.45, 2.75) is 33.1 Å². The first-order chi connectivity index (χ1) is 12.3. The molecule has 138 valence electrons. The molecule has 0 spiro atoms. The number of ether oxygens (including phenoxy) is 2. The van der Waals surface area contributed by atoms with E-state index in [1.165, 1.54) is 12.5 Å². The molecule has 0 aliphatic carbocycles. The molecule has 0 saturated heterocycles.